The first-order chi connectivity index (χ1) is 15.0. The van der Waals surface area contributed by atoms with Gasteiger partial charge < -0.3 is 9.64 Å². The fourth-order valence-corrected chi connectivity index (χ4v) is 4.34. The van der Waals surface area contributed by atoms with Crippen LogP contribution in [0.3, 0.4) is 0 Å². The van der Waals surface area contributed by atoms with E-state index in [1.165, 1.54) is 4.90 Å². The maximum atomic E-state index is 13.6. The van der Waals surface area contributed by atoms with Crippen LogP contribution < -0.4 is 9.64 Å². The van der Waals surface area contributed by atoms with Gasteiger partial charge in [-0.15, -0.1) is 0 Å². The molecule has 0 bridgehead atoms. The Morgan fingerprint density at radius 2 is 1.68 bits per heavy atom. The van der Waals surface area contributed by atoms with Gasteiger partial charge in [0.25, 0.3) is 11.8 Å². The highest BCUT2D eigenvalue weighted by Crippen LogP contribution is 2.38. The lowest BCUT2D eigenvalue weighted by atomic mass is 10.0. The molecule has 6 heteroatoms. The van der Waals surface area contributed by atoms with Crippen LogP contribution in [0.5, 0.6) is 5.75 Å². The third-order valence-corrected chi connectivity index (χ3v) is 5.99. The van der Waals surface area contributed by atoms with Gasteiger partial charge >= 0.3 is 0 Å². The number of benzene rings is 2. The van der Waals surface area contributed by atoms with Gasteiger partial charge in [0, 0.05) is 18.1 Å². The number of likely N-dealkylation sites (tertiary alicyclic amines) is 1. The third-order valence-electron chi connectivity index (χ3n) is 5.76. The summed E-state index contributed by atoms with van der Waals surface area (Å²) < 4.78 is 5.68. The summed E-state index contributed by atoms with van der Waals surface area (Å²) in [5.74, 6) is 0.168. The van der Waals surface area contributed by atoms with E-state index in [4.69, 9.17) is 16.3 Å². The molecule has 0 radical (unpaired) electrons. The highest BCUT2D eigenvalue weighted by atomic mass is 35.5. The molecule has 31 heavy (non-hydrogen) atoms. The van der Waals surface area contributed by atoms with Crippen LogP contribution in [0, 0.1) is 6.92 Å². The Hall–Kier alpha value is -2.79. The molecule has 2 aromatic carbocycles. The maximum Gasteiger partial charge on any atom is 0.282 e. The second-order valence-corrected chi connectivity index (χ2v) is 8.46. The van der Waals surface area contributed by atoms with E-state index >= 15 is 0 Å². The predicted octanol–water partition coefficient (Wildman–Crippen LogP) is 5.21. The van der Waals surface area contributed by atoms with Gasteiger partial charge in [-0.3, -0.25) is 9.59 Å². The predicted molar refractivity (Wildman–Crippen MR) is 123 cm³/mol. The number of amides is 2. The maximum absolute atomic E-state index is 13.6. The minimum atomic E-state index is -0.307. The molecular formula is C25H27ClN2O3. The summed E-state index contributed by atoms with van der Waals surface area (Å²) in [6.45, 7) is 6.13. The number of anilines is 1. The molecular weight excluding hydrogens is 412 g/mol. The Kier molecular flexibility index (Phi) is 6.33. The molecule has 1 saturated heterocycles. The molecule has 0 spiro atoms. The summed E-state index contributed by atoms with van der Waals surface area (Å²) in [4.78, 5) is 30.6. The monoisotopic (exact) mass is 438 g/mol. The lowest BCUT2D eigenvalue weighted by Crippen LogP contribution is -2.37. The Bertz CT molecular complexity index is 1020. The number of imide groups is 1. The number of carbonyl (C=O) groups is 2. The molecule has 4 rings (SSSR count). The van der Waals surface area contributed by atoms with Crippen LogP contribution in [-0.2, 0) is 9.59 Å². The second-order valence-electron chi connectivity index (χ2n) is 8.02. The minimum Gasteiger partial charge on any atom is -0.494 e. The molecule has 5 nitrogen and oxygen atoms in total. The zero-order valence-electron chi connectivity index (χ0n) is 18.0. The summed E-state index contributed by atoms with van der Waals surface area (Å²) in [5, 5.41) is 0.492. The Balaban J connectivity index is 1.77. The van der Waals surface area contributed by atoms with Gasteiger partial charge in [0.2, 0.25) is 0 Å². The van der Waals surface area contributed by atoms with Gasteiger partial charge in [-0.2, -0.15) is 0 Å². The SMILES string of the molecule is CCCOc1ccc(C2=C(N3CCCCC3)C(=O)N(c3cc(Cl)ccc3C)C2=O)cc1. The number of hydrogen-bond acceptors (Lipinski definition) is 4. The van der Waals surface area contributed by atoms with Crippen LogP contribution in [0.25, 0.3) is 5.57 Å². The summed E-state index contributed by atoms with van der Waals surface area (Å²) in [6.07, 6.45) is 4.09. The Labute approximate surface area is 188 Å². The first kappa shape index (κ1) is 21.4. The number of carbonyl (C=O) groups excluding carboxylic acids is 2. The van der Waals surface area contributed by atoms with Crippen molar-refractivity contribution in [2.45, 2.75) is 39.5 Å². The van der Waals surface area contributed by atoms with E-state index in [0.717, 1.165) is 55.6 Å². The topological polar surface area (TPSA) is 49.9 Å². The van der Waals surface area contributed by atoms with Gasteiger partial charge in [-0.25, -0.2) is 4.90 Å². The molecule has 2 aromatic rings. The lowest BCUT2D eigenvalue weighted by molar-refractivity contribution is -0.120. The number of nitrogens with zero attached hydrogens (tertiary/aromatic N) is 2. The van der Waals surface area contributed by atoms with Crippen LogP contribution >= 0.6 is 11.6 Å². The zero-order valence-corrected chi connectivity index (χ0v) is 18.7. The number of piperidine rings is 1. The Morgan fingerprint density at radius 3 is 2.35 bits per heavy atom. The molecule has 0 aliphatic carbocycles. The van der Waals surface area contributed by atoms with Crippen molar-refractivity contribution in [3.63, 3.8) is 0 Å². The molecule has 2 aliphatic heterocycles. The number of halogens is 1. The molecule has 162 valence electrons. The van der Waals surface area contributed by atoms with E-state index < -0.39 is 0 Å². The summed E-state index contributed by atoms with van der Waals surface area (Å²) in [5.41, 5.74) is 3.04. The molecule has 0 N–H and O–H groups in total. The number of ether oxygens (including phenoxy) is 1. The average Bonchev–Trinajstić information content (AvgIpc) is 3.05. The molecule has 0 atom stereocenters. The number of aryl methyl sites for hydroxylation is 1. The standard InChI is InChI=1S/C25H27ClN2O3/c1-3-15-31-20-11-8-18(9-12-20)22-23(27-13-5-4-6-14-27)25(30)28(24(22)29)21-16-19(26)10-7-17(21)2/h7-12,16H,3-6,13-15H2,1-2H3. The van der Waals surface area contributed by atoms with Crippen molar-refractivity contribution < 1.29 is 14.3 Å². The van der Waals surface area contributed by atoms with Crippen molar-refractivity contribution in [2.75, 3.05) is 24.6 Å². The van der Waals surface area contributed by atoms with E-state index in [1.807, 2.05) is 37.3 Å². The average molecular weight is 439 g/mol. The first-order valence-electron chi connectivity index (χ1n) is 10.9. The molecule has 2 heterocycles. The van der Waals surface area contributed by atoms with Gasteiger partial charge in [-0.1, -0.05) is 36.7 Å². The van der Waals surface area contributed by atoms with Crippen LogP contribution in [0.4, 0.5) is 5.69 Å². The molecule has 1 fully saturated rings. The largest absolute Gasteiger partial charge is 0.494 e. The van der Waals surface area contributed by atoms with Crippen molar-refractivity contribution in [1.29, 1.82) is 0 Å². The normalized spacial score (nSPS) is 17.0. The minimum absolute atomic E-state index is 0.279. The van der Waals surface area contributed by atoms with Crippen LogP contribution in [-0.4, -0.2) is 36.4 Å². The van der Waals surface area contributed by atoms with Crippen molar-refractivity contribution >= 4 is 34.7 Å². The smallest absolute Gasteiger partial charge is 0.282 e. The van der Waals surface area contributed by atoms with Crippen molar-refractivity contribution in [3.05, 3.63) is 64.3 Å². The van der Waals surface area contributed by atoms with Gasteiger partial charge in [-0.05, 0) is 68.0 Å². The molecule has 0 unspecified atom stereocenters. The van der Waals surface area contributed by atoms with E-state index in [2.05, 4.69) is 11.8 Å². The summed E-state index contributed by atoms with van der Waals surface area (Å²) >= 11 is 6.20. The van der Waals surface area contributed by atoms with Crippen molar-refractivity contribution in [1.82, 2.24) is 4.90 Å². The van der Waals surface area contributed by atoms with Gasteiger partial charge in [0.1, 0.15) is 11.4 Å². The molecule has 0 aromatic heterocycles. The van der Waals surface area contributed by atoms with Crippen molar-refractivity contribution in [2.24, 2.45) is 0 Å². The lowest BCUT2D eigenvalue weighted by Gasteiger charge is -2.29. The molecule has 2 amide bonds. The highest BCUT2D eigenvalue weighted by Gasteiger charge is 2.43. The van der Waals surface area contributed by atoms with Gasteiger partial charge in [0.15, 0.2) is 0 Å². The number of rotatable bonds is 6. The first-order valence-corrected chi connectivity index (χ1v) is 11.3. The van der Waals surface area contributed by atoms with E-state index in [9.17, 15) is 9.59 Å². The zero-order chi connectivity index (χ0) is 22.0. The van der Waals surface area contributed by atoms with Crippen LogP contribution in [0.15, 0.2) is 48.2 Å². The second kappa shape index (κ2) is 9.15. The van der Waals surface area contributed by atoms with E-state index in [0.29, 0.717) is 28.6 Å². The van der Waals surface area contributed by atoms with E-state index in [-0.39, 0.29) is 11.8 Å². The highest BCUT2D eigenvalue weighted by molar-refractivity contribution is 6.45. The fraction of sp³-hybridized carbons (Fsp3) is 0.360. The fourth-order valence-electron chi connectivity index (χ4n) is 4.17. The van der Waals surface area contributed by atoms with Crippen LogP contribution in [0.2, 0.25) is 5.02 Å². The number of hydrogen-bond donors (Lipinski definition) is 0. The van der Waals surface area contributed by atoms with Crippen molar-refractivity contribution in [3.8, 4) is 5.75 Å². The summed E-state index contributed by atoms with van der Waals surface area (Å²) in [7, 11) is 0. The Morgan fingerprint density at radius 1 is 0.968 bits per heavy atom. The third kappa shape index (κ3) is 4.19. The molecule has 0 saturated carbocycles. The molecule has 2 aliphatic rings. The van der Waals surface area contributed by atoms with Gasteiger partial charge in [0.05, 0.1) is 17.9 Å². The van der Waals surface area contributed by atoms with E-state index in [1.54, 1.807) is 12.1 Å². The quantitative estimate of drug-likeness (QED) is 0.581. The van der Waals surface area contributed by atoms with Crippen LogP contribution in [0.1, 0.15) is 43.7 Å². The summed E-state index contributed by atoms with van der Waals surface area (Å²) in [6, 6.07) is 12.7.